The Balaban J connectivity index is 1.98. The topological polar surface area (TPSA) is 29.9 Å². The van der Waals surface area contributed by atoms with Gasteiger partial charge in [-0.05, 0) is 49.6 Å². The molecule has 1 N–H and O–H groups in total. The Morgan fingerprint density at radius 3 is 2.38 bits per heavy atom. The number of hydrogen-bond donors (Lipinski definition) is 1. The first-order chi connectivity index (χ1) is 13.8. The van der Waals surface area contributed by atoms with Crippen LogP contribution < -0.4 is 5.32 Å². The molecule has 3 aromatic rings. The summed E-state index contributed by atoms with van der Waals surface area (Å²) in [5, 5.41) is 8.89. The van der Waals surface area contributed by atoms with E-state index in [4.69, 9.17) is 34.8 Å². The summed E-state index contributed by atoms with van der Waals surface area (Å²) in [6.07, 6.45) is -1.99. The van der Waals surface area contributed by atoms with Gasteiger partial charge in [0.15, 0.2) is 0 Å². The lowest BCUT2D eigenvalue weighted by atomic mass is 10.0. The molecule has 0 saturated carbocycles. The molecule has 2 heterocycles. The van der Waals surface area contributed by atoms with Gasteiger partial charge in [0.2, 0.25) is 0 Å². The van der Waals surface area contributed by atoms with Crippen LogP contribution >= 0.6 is 34.8 Å². The van der Waals surface area contributed by atoms with Gasteiger partial charge in [0.05, 0.1) is 26.3 Å². The van der Waals surface area contributed by atoms with Gasteiger partial charge in [-0.2, -0.15) is 18.3 Å². The molecule has 0 spiro atoms. The zero-order valence-electron chi connectivity index (χ0n) is 15.0. The molecule has 29 heavy (non-hydrogen) atoms. The van der Waals surface area contributed by atoms with E-state index in [1.807, 2.05) is 0 Å². The molecule has 9 heteroatoms. The van der Waals surface area contributed by atoms with Crippen LogP contribution in [0.5, 0.6) is 0 Å². The number of fused-ring (bicyclic) bond motifs is 1. The number of nitrogens with one attached hydrogen (secondary N) is 1. The van der Waals surface area contributed by atoms with E-state index in [9.17, 15) is 13.2 Å². The molecule has 0 fully saturated rings. The quantitative estimate of drug-likeness (QED) is 0.436. The maximum atomic E-state index is 13.3. The predicted octanol–water partition coefficient (Wildman–Crippen LogP) is 7.27. The molecular weight excluding hydrogens is 446 g/mol. The minimum atomic E-state index is -4.49. The predicted molar refractivity (Wildman–Crippen MR) is 110 cm³/mol. The number of hydrogen-bond acceptors (Lipinski definition) is 2. The lowest BCUT2D eigenvalue weighted by Crippen LogP contribution is -2.10. The first-order valence-corrected chi connectivity index (χ1v) is 10.1. The molecule has 0 bridgehead atoms. The molecule has 2 aromatic carbocycles. The summed E-state index contributed by atoms with van der Waals surface area (Å²) >= 11 is 19.1. The van der Waals surface area contributed by atoms with Crippen molar-refractivity contribution in [3.8, 4) is 16.9 Å². The third-order valence-electron chi connectivity index (χ3n) is 4.83. The fourth-order valence-electron chi connectivity index (χ4n) is 3.45. The van der Waals surface area contributed by atoms with E-state index in [2.05, 4.69) is 10.4 Å². The normalized spacial score (nSPS) is 14.3. The van der Waals surface area contributed by atoms with Crippen molar-refractivity contribution in [3.63, 3.8) is 0 Å². The highest BCUT2D eigenvalue weighted by atomic mass is 35.5. The monoisotopic (exact) mass is 459 g/mol. The Kier molecular flexibility index (Phi) is 5.44. The van der Waals surface area contributed by atoms with Crippen LogP contribution in [-0.2, 0) is 12.6 Å². The summed E-state index contributed by atoms with van der Waals surface area (Å²) in [4.78, 5) is 0. The average molecular weight is 461 g/mol. The van der Waals surface area contributed by atoms with Crippen molar-refractivity contribution < 1.29 is 13.2 Å². The van der Waals surface area contributed by atoms with Crippen LogP contribution in [0.2, 0.25) is 15.1 Å². The van der Waals surface area contributed by atoms with Gasteiger partial charge in [-0.1, -0.05) is 40.9 Å². The van der Waals surface area contributed by atoms with E-state index >= 15 is 0 Å². The van der Waals surface area contributed by atoms with Crippen LogP contribution in [0.25, 0.3) is 16.9 Å². The fraction of sp³-hybridized carbons (Fsp3) is 0.250. The number of anilines is 1. The van der Waals surface area contributed by atoms with Crippen molar-refractivity contribution in [2.45, 2.75) is 25.4 Å². The van der Waals surface area contributed by atoms with Gasteiger partial charge in [0.25, 0.3) is 0 Å². The van der Waals surface area contributed by atoms with Crippen LogP contribution in [0.15, 0.2) is 36.4 Å². The summed E-state index contributed by atoms with van der Waals surface area (Å²) in [7, 11) is 0. The molecule has 152 valence electrons. The molecule has 4 rings (SSSR count). The standard InChI is InChI=1S/C20H15Cl3F3N3/c21-13-8-7-11(20(24,25)26)10-16(13)29-19-12(4-1-2-9-27-19)18(28-29)17-14(22)5-3-6-15(17)23/h3,5-8,10,27H,1-2,4,9H2. The number of benzene rings is 2. The van der Waals surface area contributed by atoms with E-state index in [1.54, 1.807) is 18.2 Å². The molecule has 0 amide bonds. The van der Waals surface area contributed by atoms with Crippen molar-refractivity contribution >= 4 is 40.6 Å². The van der Waals surface area contributed by atoms with Crippen LogP contribution in [0.3, 0.4) is 0 Å². The van der Waals surface area contributed by atoms with Gasteiger partial charge in [-0.25, -0.2) is 4.68 Å². The van der Waals surface area contributed by atoms with Crippen molar-refractivity contribution in [2.24, 2.45) is 0 Å². The van der Waals surface area contributed by atoms with E-state index in [0.29, 0.717) is 40.1 Å². The fourth-order valence-corrected chi connectivity index (χ4v) is 4.23. The van der Waals surface area contributed by atoms with Gasteiger partial charge >= 0.3 is 6.18 Å². The molecule has 0 aliphatic carbocycles. The summed E-state index contributed by atoms with van der Waals surface area (Å²) in [6.45, 7) is 0.672. The number of aromatic nitrogens is 2. The van der Waals surface area contributed by atoms with E-state index in [1.165, 1.54) is 10.7 Å². The third kappa shape index (κ3) is 3.81. The minimum absolute atomic E-state index is 0.140. The Hall–Kier alpha value is -1.89. The zero-order chi connectivity index (χ0) is 20.8. The molecule has 0 unspecified atom stereocenters. The van der Waals surface area contributed by atoms with Crippen molar-refractivity contribution in [3.05, 3.63) is 62.6 Å². The Labute approximate surface area is 180 Å². The molecule has 1 aliphatic rings. The van der Waals surface area contributed by atoms with Crippen LogP contribution in [0, 0.1) is 0 Å². The van der Waals surface area contributed by atoms with E-state index in [0.717, 1.165) is 30.5 Å². The van der Waals surface area contributed by atoms with Gasteiger partial charge in [0, 0.05) is 17.7 Å². The Bertz CT molecular complexity index is 1060. The van der Waals surface area contributed by atoms with E-state index in [-0.39, 0.29) is 10.7 Å². The van der Waals surface area contributed by atoms with Gasteiger partial charge < -0.3 is 5.32 Å². The number of rotatable bonds is 2. The summed E-state index contributed by atoms with van der Waals surface area (Å²) in [6, 6.07) is 8.32. The third-order valence-corrected chi connectivity index (χ3v) is 5.78. The molecule has 1 aromatic heterocycles. The molecule has 0 radical (unpaired) electrons. The first-order valence-electron chi connectivity index (χ1n) is 8.94. The highest BCUT2D eigenvalue weighted by Crippen LogP contribution is 2.42. The SMILES string of the molecule is FC(F)(F)c1ccc(Cl)c(-n2nc(-c3c(Cl)cccc3Cl)c3c2NCCCC3)c1. The van der Waals surface area contributed by atoms with Crippen molar-refractivity contribution in [1.82, 2.24) is 9.78 Å². The van der Waals surface area contributed by atoms with Crippen LogP contribution in [-0.4, -0.2) is 16.3 Å². The maximum absolute atomic E-state index is 13.3. The first kappa shape index (κ1) is 20.4. The van der Waals surface area contributed by atoms with E-state index < -0.39 is 11.7 Å². The number of alkyl halides is 3. The summed E-state index contributed by atoms with van der Waals surface area (Å²) < 4.78 is 41.2. The van der Waals surface area contributed by atoms with Gasteiger partial charge in [0.1, 0.15) is 11.5 Å². The molecule has 0 atom stereocenters. The van der Waals surface area contributed by atoms with Crippen LogP contribution in [0.1, 0.15) is 24.0 Å². The second kappa shape index (κ2) is 7.74. The number of halogens is 6. The zero-order valence-corrected chi connectivity index (χ0v) is 17.2. The lowest BCUT2D eigenvalue weighted by molar-refractivity contribution is -0.137. The minimum Gasteiger partial charge on any atom is -0.370 e. The van der Waals surface area contributed by atoms with Gasteiger partial charge in [-0.3, -0.25) is 0 Å². The maximum Gasteiger partial charge on any atom is 0.416 e. The van der Waals surface area contributed by atoms with Crippen molar-refractivity contribution in [1.29, 1.82) is 0 Å². The highest BCUT2D eigenvalue weighted by Gasteiger charge is 2.32. The lowest BCUT2D eigenvalue weighted by Gasteiger charge is -2.13. The van der Waals surface area contributed by atoms with Crippen LogP contribution in [0.4, 0.5) is 19.0 Å². The Morgan fingerprint density at radius 2 is 1.69 bits per heavy atom. The van der Waals surface area contributed by atoms with Gasteiger partial charge in [-0.15, -0.1) is 0 Å². The molecular formula is C20H15Cl3F3N3. The smallest absolute Gasteiger partial charge is 0.370 e. The second-order valence-corrected chi connectivity index (χ2v) is 7.95. The largest absolute Gasteiger partial charge is 0.416 e. The molecule has 3 nitrogen and oxygen atoms in total. The average Bonchev–Trinajstić information content (AvgIpc) is 2.83. The molecule has 1 aliphatic heterocycles. The number of nitrogens with zero attached hydrogens (tertiary/aromatic N) is 2. The van der Waals surface area contributed by atoms with Crippen molar-refractivity contribution in [2.75, 3.05) is 11.9 Å². The Morgan fingerprint density at radius 1 is 0.966 bits per heavy atom. The molecule has 0 saturated heterocycles. The second-order valence-electron chi connectivity index (χ2n) is 6.73. The summed E-state index contributed by atoms with van der Waals surface area (Å²) in [5.74, 6) is 0.606. The summed E-state index contributed by atoms with van der Waals surface area (Å²) in [5.41, 5.74) is 1.29. The highest BCUT2D eigenvalue weighted by molar-refractivity contribution is 6.39.